The van der Waals surface area contributed by atoms with Gasteiger partial charge in [0, 0.05) is 11.8 Å². The minimum absolute atomic E-state index is 0.0122. The molecule has 17 heavy (non-hydrogen) atoms. The minimum Gasteiger partial charge on any atom is -0.480 e. The lowest BCUT2D eigenvalue weighted by Crippen LogP contribution is -2.42. The lowest BCUT2D eigenvalue weighted by Gasteiger charge is -2.34. The van der Waals surface area contributed by atoms with Gasteiger partial charge in [-0.3, -0.25) is 0 Å². The van der Waals surface area contributed by atoms with Crippen molar-refractivity contribution in [3.8, 4) is 0 Å². The van der Waals surface area contributed by atoms with E-state index in [0.717, 1.165) is 12.0 Å². The molecule has 0 radical (unpaired) electrons. The zero-order valence-corrected chi connectivity index (χ0v) is 9.06. The van der Waals surface area contributed by atoms with Crippen molar-refractivity contribution in [2.45, 2.75) is 18.4 Å². The van der Waals surface area contributed by atoms with Crippen molar-refractivity contribution in [3.63, 3.8) is 0 Å². The third-order valence-electron chi connectivity index (χ3n) is 3.61. The predicted molar refractivity (Wildman–Crippen MR) is 61.4 cm³/mol. The lowest BCUT2D eigenvalue weighted by atomic mass is 9.79. The smallest absolute Gasteiger partial charge is 0.326 e. The molecule has 1 aliphatic heterocycles. The van der Waals surface area contributed by atoms with E-state index in [0.29, 0.717) is 5.69 Å². The number of hydrogen-bond acceptors (Lipinski definition) is 2. The Labute approximate surface area is 98.0 Å². The van der Waals surface area contributed by atoms with E-state index < -0.39 is 12.0 Å². The molecule has 1 aromatic carbocycles. The number of hydrogen-bond donors (Lipinski definition) is 2. The van der Waals surface area contributed by atoms with Crippen LogP contribution in [0.15, 0.2) is 30.4 Å². The van der Waals surface area contributed by atoms with Gasteiger partial charge in [0.1, 0.15) is 11.9 Å². The van der Waals surface area contributed by atoms with Gasteiger partial charge in [0.15, 0.2) is 0 Å². The van der Waals surface area contributed by atoms with E-state index in [-0.39, 0.29) is 17.7 Å². The molecule has 1 aliphatic carbocycles. The van der Waals surface area contributed by atoms with E-state index in [9.17, 15) is 14.3 Å². The summed E-state index contributed by atoms with van der Waals surface area (Å²) in [5.41, 5.74) is 1.20. The first-order valence-corrected chi connectivity index (χ1v) is 5.63. The number of carbonyl (C=O) groups is 1. The molecule has 1 aromatic rings. The normalized spacial score (nSPS) is 29.4. The van der Waals surface area contributed by atoms with Crippen LogP contribution in [0.25, 0.3) is 0 Å². The minimum atomic E-state index is -0.919. The number of carboxylic acid groups (broad SMARTS) is 1. The summed E-state index contributed by atoms with van der Waals surface area (Å²) in [6, 6.07) is 4.17. The average Bonchev–Trinajstić information content (AvgIpc) is 2.77. The molecule has 0 unspecified atom stereocenters. The van der Waals surface area contributed by atoms with Crippen LogP contribution in [0.1, 0.15) is 17.9 Å². The Morgan fingerprint density at radius 3 is 3.06 bits per heavy atom. The van der Waals surface area contributed by atoms with Gasteiger partial charge in [-0.2, -0.15) is 0 Å². The van der Waals surface area contributed by atoms with Crippen LogP contribution in [0.4, 0.5) is 10.1 Å². The van der Waals surface area contributed by atoms with E-state index in [1.807, 2.05) is 18.2 Å². The molecule has 0 bridgehead atoms. The lowest BCUT2D eigenvalue weighted by molar-refractivity contribution is -0.139. The number of allylic oxidation sites excluding steroid dienone is 2. The van der Waals surface area contributed by atoms with Gasteiger partial charge in [0.05, 0.1) is 5.69 Å². The second kappa shape index (κ2) is 3.58. The number of rotatable bonds is 1. The molecule has 0 saturated heterocycles. The summed E-state index contributed by atoms with van der Waals surface area (Å²) in [4.78, 5) is 11.2. The highest BCUT2D eigenvalue weighted by atomic mass is 19.1. The summed E-state index contributed by atoms with van der Waals surface area (Å²) in [6.07, 6.45) is 4.69. The Morgan fingerprint density at radius 1 is 1.47 bits per heavy atom. The van der Waals surface area contributed by atoms with Crippen LogP contribution in [0.2, 0.25) is 0 Å². The molecular formula is C13H12FNO2. The molecule has 1 heterocycles. The first kappa shape index (κ1) is 10.3. The van der Waals surface area contributed by atoms with Gasteiger partial charge in [0.25, 0.3) is 0 Å². The SMILES string of the molecule is O=C(O)[C@H]1Nc2c(F)cccc2[C@H]2C=CC[C@@H]12. The summed E-state index contributed by atoms with van der Waals surface area (Å²) in [7, 11) is 0. The van der Waals surface area contributed by atoms with E-state index in [1.54, 1.807) is 6.07 Å². The molecule has 2 aliphatic rings. The maximum absolute atomic E-state index is 13.7. The van der Waals surface area contributed by atoms with Crippen molar-refractivity contribution in [2.24, 2.45) is 5.92 Å². The summed E-state index contributed by atoms with van der Waals surface area (Å²) in [6.45, 7) is 0. The quantitative estimate of drug-likeness (QED) is 0.732. The highest BCUT2D eigenvalue weighted by molar-refractivity contribution is 5.80. The molecule has 3 rings (SSSR count). The number of fused-ring (bicyclic) bond motifs is 3. The third-order valence-corrected chi connectivity index (χ3v) is 3.61. The first-order chi connectivity index (χ1) is 8.18. The Morgan fingerprint density at radius 2 is 2.29 bits per heavy atom. The first-order valence-electron chi connectivity index (χ1n) is 5.63. The second-order valence-electron chi connectivity index (χ2n) is 4.52. The van der Waals surface area contributed by atoms with Gasteiger partial charge >= 0.3 is 5.97 Å². The monoisotopic (exact) mass is 233 g/mol. The predicted octanol–water partition coefficient (Wildman–Crippen LogP) is 2.36. The fourth-order valence-corrected chi connectivity index (χ4v) is 2.83. The van der Waals surface area contributed by atoms with Gasteiger partial charge < -0.3 is 10.4 Å². The van der Waals surface area contributed by atoms with Gasteiger partial charge in [-0.05, 0) is 18.1 Å². The number of benzene rings is 1. The van der Waals surface area contributed by atoms with Crippen LogP contribution in [-0.2, 0) is 4.79 Å². The molecular weight excluding hydrogens is 221 g/mol. The van der Waals surface area contributed by atoms with Crippen LogP contribution >= 0.6 is 0 Å². The van der Waals surface area contributed by atoms with E-state index in [1.165, 1.54) is 6.07 Å². The maximum atomic E-state index is 13.7. The number of para-hydroxylation sites is 1. The molecule has 2 N–H and O–H groups in total. The van der Waals surface area contributed by atoms with Crippen molar-refractivity contribution in [1.82, 2.24) is 0 Å². The fourth-order valence-electron chi connectivity index (χ4n) is 2.83. The van der Waals surface area contributed by atoms with Gasteiger partial charge in [-0.15, -0.1) is 0 Å². The number of aliphatic carboxylic acids is 1. The van der Waals surface area contributed by atoms with Crippen molar-refractivity contribution in [1.29, 1.82) is 0 Å². The maximum Gasteiger partial charge on any atom is 0.326 e. The zero-order valence-electron chi connectivity index (χ0n) is 9.06. The Kier molecular flexibility index (Phi) is 2.18. The van der Waals surface area contributed by atoms with Crippen molar-refractivity contribution in [2.75, 3.05) is 5.32 Å². The van der Waals surface area contributed by atoms with Crippen LogP contribution < -0.4 is 5.32 Å². The van der Waals surface area contributed by atoms with Crippen LogP contribution in [0.3, 0.4) is 0 Å². The topological polar surface area (TPSA) is 49.3 Å². The van der Waals surface area contributed by atoms with E-state index in [2.05, 4.69) is 5.32 Å². The molecule has 0 amide bonds. The van der Waals surface area contributed by atoms with Crippen molar-refractivity contribution in [3.05, 3.63) is 41.7 Å². The summed E-state index contributed by atoms with van der Waals surface area (Å²) < 4.78 is 13.7. The number of halogens is 1. The highest BCUT2D eigenvalue weighted by Gasteiger charge is 2.41. The Hall–Kier alpha value is -1.84. The summed E-state index contributed by atoms with van der Waals surface area (Å²) in [5.74, 6) is -1.30. The molecule has 3 nitrogen and oxygen atoms in total. The molecule has 4 heteroatoms. The Balaban J connectivity index is 2.12. The number of carboxylic acids is 1. The fraction of sp³-hybridized carbons (Fsp3) is 0.308. The third kappa shape index (κ3) is 1.44. The standard InChI is InChI=1S/C13H12FNO2/c14-10-6-2-5-8-7-3-1-4-9(7)12(13(16)17)15-11(8)10/h1-3,5-7,9,12,15H,4H2,(H,16,17)/t7-,9-,12+/m1/s1. The van der Waals surface area contributed by atoms with Crippen molar-refractivity contribution < 1.29 is 14.3 Å². The van der Waals surface area contributed by atoms with Crippen molar-refractivity contribution >= 4 is 11.7 Å². The van der Waals surface area contributed by atoms with E-state index in [4.69, 9.17) is 0 Å². The molecule has 0 saturated carbocycles. The Bertz CT molecular complexity index is 512. The second-order valence-corrected chi connectivity index (χ2v) is 4.52. The molecule has 3 atom stereocenters. The number of nitrogens with one attached hydrogen (secondary N) is 1. The van der Waals surface area contributed by atoms with E-state index >= 15 is 0 Å². The van der Waals surface area contributed by atoms with Gasteiger partial charge in [-0.1, -0.05) is 24.3 Å². The van der Waals surface area contributed by atoms with Crippen LogP contribution in [-0.4, -0.2) is 17.1 Å². The number of anilines is 1. The largest absolute Gasteiger partial charge is 0.480 e. The van der Waals surface area contributed by atoms with Gasteiger partial charge in [-0.25, -0.2) is 9.18 Å². The molecule has 88 valence electrons. The zero-order chi connectivity index (χ0) is 12.0. The average molecular weight is 233 g/mol. The summed E-state index contributed by atoms with van der Waals surface area (Å²) in [5, 5.41) is 12.0. The highest BCUT2D eigenvalue weighted by Crippen LogP contribution is 2.45. The van der Waals surface area contributed by atoms with Crippen LogP contribution in [0, 0.1) is 11.7 Å². The molecule has 0 spiro atoms. The van der Waals surface area contributed by atoms with Crippen LogP contribution in [0.5, 0.6) is 0 Å². The summed E-state index contributed by atoms with van der Waals surface area (Å²) >= 11 is 0. The molecule has 0 fully saturated rings. The molecule has 0 aromatic heterocycles. The van der Waals surface area contributed by atoms with Gasteiger partial charge in [0.2, 0.25) is 0 Å².